The fraction of sp³-hybridized carbons (Fsp3) is 0.650. The third-order valence-electron chi connectivity index (χ3n) is 5.26. The van der Waals surface area contributed by atoms with Gasteiger partial charge in [-0.1, -0.05) is 0 Å². The molecule has 0 radical (unpaired) electrons. The first-order valence-corrected chi connectivity index (χ1v) is 14.8. The monoisotopic (exact) mass is 554 g/mol. The van der Waals surface area contributed by atoms with E-state index in [2.05, 4.69) is 0 Å². The minimum Gasteiger partial charge on any atom is -0.466 e. The van der Waals surface area contributed by atoms with Crippen molar-refractivity contribution in [3.63, 3.8) is 0 Å². The molecule has 1 unspecified atom stereocenters. The highest BCUT2D eigenvalue weighted by Gasteiger charge is 2.43. The van der Waals surface area contributed by atoms with E-state index in [1.807, 2.05) is 0 Å². The lowest BCUT2D eigenvalue weighted by molar-refractivity contribution is -0.151. The molecular weight excluding hydrogens is 524 g/mol. The fourth-order valence-corrected chi connectivity index (χ4v) is 7.87. The number of sulfonamides is 1. The third-order valence-corrected chi connectivity index (χ3v) is 10.6. The van der Waals surface area contributed by atoms with Crippen LogP contribution in [-0.4, -0.2) is 70.9 Å². The molecule has 198 valence electrons. The van der Waals surface area contributed by atoms with E-state index in [0.717, 1.165) is 0 Å². The number of nitrogens with two attached hydrogens (primary N) is 1. The lowest BCUT2D eigenvalue weighted by Gasteiger charge is -2.35. The van der Waals surface area contributed by atoms with Gasteiger partial charge in [0.1, 0.15) is 21.1 Å². The molecule has 3 atom stereocenters. The van der Waals surface area contributed by atoms with Crippen LogP contribution in [0.3, 0.4) is 0 Å². The van der Waals surface area contributed by atoms with Crippen LogP contribution < -0.4 is 5.14 Å². The Morgan fingerprint density at radius 1 is 1.20 bits per heavy atom. The third kappa shape index (κ3) is 7.15. The summed E-state index contributed by atoms with van der Waals surface area (Å²) in [5.74, 6) is -1.18. The van der Waals surface area contributed by atoms with Crippen molar-refractivity contribution < 1.29 is 45.4 Å². The molecule has 1 aliphatic rings. The Kier molecular flexibility index (Phi) is 9.67. The number of carbonyl (C=O) groups excluding carboxylic acids is 3. The van der Waals surface area contributed by atoms with Crippen LogP contribution in [-0.2, 0) is 43.7 Å². The van der Waals surface area contributed by atoms with Crippen LogP contribution in [0.25, 0.3) is 0 Å². The Labute approximate surface area is 208 Å². The Hall–Kier alpha value is -2.23. The Bertz CT molecular complexity index is 1160. The fourth-order valence-electron chi connectivity index (χ4n) is 3.48. The number of rotatable bonds is 10. The van der Waals surface area contributed by atoms with Crippen molar-refractivity contribution in [1.82, 2.24) is 4.90 Å². The van der Waals surface area contributed by atoms with Gasteiger partial charge in [0.2, 0.25) is 10.0 Å². The molecule has 12 nitrogen and oxygen atoms in total. The number of nitrogens with zero attached hydrogens (tertiary/aromatic N) is 1. The Balaban J connectivity index is 2.11. The summed E-state index contributed by atoms with van der Waals surface area (Å²) in [5.41, 5.74) is 0.175. The highest BCUT2D eigenvalue weighted by atomic mass is 32.3. The number of primary sulfonamides is 1. The standard InChI is InChI=1S/C20H30N2O10S3/c1-5-22(20(25)32-12(3)11-31-17(24)8-7-16(23)30-6-2)15-9-13(4)34(26,27)19-14(15)10-18(33-19)35(21,28)29/h10,12-13,15H,5-9,11H2,1-4H3,(H2,21,28,29)/t12?,13-,15-/m0/s1. The molecular formula is C20H30N2O10S3. The number of amides is 1. The van der Waals surface area contributed by atoms with Gasteiger partial charge in [-0.05, 0) is 40.2 Å². The molecule has 0 aliphatic carbocycles. The number of ether oxygens (including phenoxy) is 3. The number of esters is 2. The summed E-state index contributed by atoms with van der Waals surface area (Å²) in [5, 5.41) is 4.33. The first kappa shape index (κ1) is 29.0. The first-order valence-electron chi connectivity index (χ1n) is 10.9. The quantitative estimate of drug-likeness (QED) is 0.331. The smallest absolute Gasteiger partial charge is 0.410 e. The Morgan fingerprint density at radius 3 is 2.34 bits per heavy atom. The molecule has 15 heteroatoms. The predicted molar refractivity (Wildman–Crippen MR) is 125 cm³/mol. The molecule has 2 N–H and O–H groups in total. The minimum absolute atomic E-state index is 0.0380. The summed E-state index contributed by atoms with van der Waals surface area (Å²) in [6, 6.07) is 0.431. The second-order valence-electron chi connectivity index (χ2n) is 7.93. The van der Waals surface area contributed by atoms with Gasteiger partial charge in [0.25, 0.3) is 0 Å². The largest absolute Gasteiger partial charge is 0.466 e. The lowest BCUT2D eigenvalue weighted by atomic mass is 10.0. The summed E-state index contributed by atoms with van der Waals surface area (Å²) < 4.78 is 63.9. The topological polar surface area (TPSA) is 176 Å². The van der Waals surface area contributed by atoms with E-state index in [4.69, 9.17) is 19.3 Å². The van der Waals surface area contributed by atoms with Crippen molar-refractivity contribution in [3.8, 4) is 0 Å². The van der Waals surface area contributed by atoms with E-state index in [9.17, 15) is 31.2 Å². The van der Waals surface area contributed by atoms with Crippen LogP contribution in [0.1, 0.15) is 58.6 Å². The number of hydrogen-bond acceptors (Lipinski definition) is 11. The van der Waals surface area contributed by atoms with Gasteiger partial charge < -0.3 is 19.1 Å². The van der Waals surface area contributed by atoms with Crippen LogP contribution in [0.15, 0.2) is 14.5 Å². The van der Waals surface area contributed by atoms with E-state index in [-0.39, 0.29) is 53.0 Å². The van der Waals surface area contributed by atoms with Crippen LogP contribution in [0, 0.1) is 0 Å². The van der Waals surface area contributed by atoms with Crippen molar-refractivity contribution in [3.05, 3.63) is 11.6 Å². The van der Waals surface area contributed by atoms with E-state index >= 15 is 0 Å². The highest BCUT2D eigenvalue weighted by molar-refractivity contribution is 7.95. The molecule has 0 aromatic carbocycles. The maximum Gasteiger partial charge on any atom is 0.410 e. The summed E-state index contributed by atoms with van der Waals surface area (Å²) in [6.07, 6.45) is -1.89. The molecule has 1 aliphatic heterocycles. The molecule has 0 fully saturated rings. The molecule has 1 amide bonds. The van der Waals surface area contributed by atoms with Crippen LogP contribution in [0.2, 0.25) is 0 Å². The van der Waals surface area contributed by atoms with Crippen molar-refractivity contribution in [1.29, 1.82) is 0 Å². The molecule has 35 heavy (non-hydrogen) atoms. The van der Waals surface area contributed by atoms with Gasteiger partial charge in [0.15, 0.2) is 9.84 Å². The number of hydrogen-bond donors (Lipinski definition) is 1. The van der Waals surface area contributed by atoms with Gasteiger partial charge in [0, 0.05) is 12.1 Å². The SMILES string of the molecule is CCOC(=O)CCC(=O)OCC(C)OC(=O)N(CC)[C@H]1C[C@H](C)S(=O)(=O)c2sc(S(N)(=O)=O)cc21. The van der Waals surface area contributed by atoms with Crippen LogP contribution in [0.4, 0.5) is 4.79 Å². The number of carbonyl (C=O) groups is 3. The average Bonchev–Trinajstić information content (AvgIpc) is 3.22. The minimum atomic E-state index is -4.15. The molecule has 1 aromatic heterocycles. The van der Waals surface area contributed by atoms with E-state index < -0.39 is 55.3 Å². The van der Waals surface area contributed by atoms with Crippen LogP contribution in [0.5, 0.6) is 0 Å². The van der Waals surface area contributed by atoms with E-state index in [0.29, 0.717) is 11.3 Å². The van der Waals surface area contributed by atoms with Crippen LogP contribution >= 0.6 is 11.3 Å². The normalized spacial score (nSPS) is 19.8. The second kappa shape index (κ2) is 11.7. The molecule has 2 rings (SSSR count). The summed E-state index contributed by atoms with van der Waals surface area (Å²) in [7, 11) is -7.93. The van der Waals surface area contributed by atoms with Gasteiger partial charge in [-0.25, -0.2) is 26.8 Å². The van der Waals surface area contributed by atoms with Gasteiger partial charge in [-0.3, -0.25) is 9.59 Å². The molecule has 1 aromatic rings. The second-order valence-corrected chi connectivity index (χ2v) is 13.3. The van der Waals surface area contributed by atoms with E-state index in [1.54, 1.807) is 13.8 Å². The number of sulfone groups is 1. The summed E-state index contributed by atoms with van der Waals surface area (Å²) in [6.45, 7) is 6.41. The van der Waals surface area contributed by atoms with E-state index in [1.165, 1.54) is 24.8 Å². The molecule has 0 saturated heterocycles. The molecule has 2 heterocycles. The molecule has 0 spiro atoms. The van der Waals surface area contributed by atoms with Gasteiger partial charge in [-0.15, -0.1) is 11.3 Å². The summed E-state index contributed by atoms with van der Waals surface area (Å²) in [4.78, 5) is 37.3. The highest BCUT2D eigenvalue weighted by Crippen LogP contribution is 2.45. The van der Waals surface area contributed by atoms with Crippen molar-refractivity contribution in [2.45, 2.75) is 72.8 Å². The van der Waals surface area contributed by atoms with Gasteiger partial charge >= 0.3 is 18.0 Å². The summed E-state index contributed by atoms with van der Waals surface area (Å²) >= 11 is 0.561. The average molecular weight is 555 g/mol. The van der Waals surface area contributed by atoms with Crippen molar-refractivity contribution in [2.75, 3.05) is 19.8 Å². The lowest BCUT2D eigenvalue weighted by Crippen LogP contribution is -2.41. The van der Waals surface area contributed by atoms with Gasteiger partial charge in [0.05, 0.1) is 30.7 Å². The molecule has 0 bridgehead atoms. The molecule has 0 saturated carbocycles. The van der Waals surface area contributed by atoms with Crippen molar-refractivity contribution in [2.24, 2.45) is 5.14 Å². The number of fused-ring (bicyclic) bond motifs is 1. The number of thiophene rings is 1. The van der Waals surface area contributed by atoms with Crippen molar-refractivity contribution >= 4 is 49.2 Å². The van der Waals surface area contributed by atoms with Gasteiger partial charge in [-0.2, -0.15) is 0 Å². The zero-order valence-electron chi connectivity index (χ0n) is 19.9. The predicted octanol–water partition coefficient (Wildman–Crippen LogP) is 1.74. The zero-order valence-corrected chi connectivity index (χ0v) is 22.3. The zero-order chi connectivity index (χ0) is 26.6. The Morgan fingerprint density at radius 2 is 1.80 bits per heavy atom. The maximum absolute atomic E-state index is 12.9. The maximum atomic E-state index is 12.9. The first-order chi connectivity index (χ1) is 16.2.